The van der Waals surface area contributed by atoms with Crippen LogP contribution < -0.4 is 4.90 Å². The van der Waals surface area contributed by atoms with Gasteiger partial charge in [0.2, 0.25) is 0 Å². The number of hydrogen-bond donors (Lipinski definition) is 0. The number of fused-ring (bicyclic) bond motifs is 1. The van der Waals surface area contributed by atoms with Crippen molar-refractivity contribution in [3.05, 3.63) is 51.8 Å². The molecule has 1 aromatic carbocycles. The molecule has 3 heterocycles. The first-order chi connectivity index (χ1) is 13.5. The highest BCUT2D eigenvalue weighted by Crippen LogP contribution is 2.38. The number of alkyl halides is 1. The Morgan fingerprint density at radius 3 is 2.64 bits per heavy atom. The third-order valence-electron chi connectivity index (χ3n) is 4.91. The van der Waals surface area contributed by atoms with E-state index in [9.17, 15) is 5.26 Å². The molecule has 4 rings (SSSR count). The van der Waals surface area contributed by atoms with E-state index in [0.717, 1.165) is 30.0 Å². The molecule has 0 bridgehead atoms. The molecule has 1 aliphatic heterocycles. The van der Waals surface area contributed by atoms with E-state index >= 15 is 0 Å². The van der Waals surface area contributed by atoms with Crippen LogP contribution in [0.15, 0.2) is 30.6 Å². The molecule has 28 heavy (non-hydrogen) atoms. The van der Waals surface area contributed by atoms with Crippen LogP contribution in [-0.4, -0.2) is 35.7 Å². The lowest BCUT2D eigenvalue weighted by molar-refractivity contribution is 0.122. The fourth-order valence-electron chi connectivity index (χ4n) is 3.40. The number of rotatable bonds is 3. The lowest BCUT2D eigenvalue weighted by Crippen LogP contribution is -2.36. The number of morpholine rings is 1. The van der Waals surface area contributed by atoms with E-state index in [2.05, 4.69) is 45.5 Å². The number of anilines is 1. The minimum atomic E-state index is 0.335. The molecule has 0 radical (unpaired) electrons. The van der Waals surface area contributed by atoms with E-state index in [1.165, 1.54) is 0 Å². The van der Waals surface area contributed by atoms with Gasteiger partial charge in [-0.25, -0.2) is 4.98 Å². The zero-order valence-corrected chi connectivity index (χ0v) is 18.8. The first kappa shape index (κ1) is 19.8. The molecule has 1 atom stereocenters. The average Bonchev–Trinajstić information content (AvgIpc) is 3.12. The minimum Gasteiger partial charge on any atom is -0.378 e. The third kappa shape index (κ3) is 3.45. The molecule has 8 heteroatoms. The van der Waals surface area contributed by atoms with Gasteiger partial charge in [-0.15, -0.1) is 0 Å². The van der Waals surface area contributed by atoms with Crippen LogP contribution in [0.5, 0.6) is 0 Å². The number of halogens is 3. The molecule has 1 fully saturated rings. The van der Waals surface area contributed by atoms with Crippen molar-refractivity contribution in [2.75, 3.05) is 31.2 Å². The van der Waals surface area contributed by atoms with E-state index in [1.807, 2.05) is 28.8 Å². The highest BCUT2D eigenvalue weighted by Gasteiger charge is 2.21. The number of ether oxygens (including phenoxy) is 1. The molecular formula is C20H17Cl2IN4O. The SMILES string of the molecule is C[C@@H](I)c1ccc(-c2cn3c(N4CCOCC4)cnc3c(Cl)c2C#N)c(Cl)c1. The van der Waals surface area contributed by atoms with Gasteiger partial charge >= 0.3 is 0 Å². The Bertz CT molecular complexity index is 1080. The maximum absolute atomic E-state index is 9.77. The summed E-state index contributed by atoms with van der Waals surface area (Å²) in [5.74, 6) is 0.930. The number of aromatic nitrogens is 2. The Morgan fingerprint density at radius 1 is 1.25 bits per heavy atom. The summed E-state index contributed by atoms with van der Waals surface area (Å²) in [5, 5.41) is 10.7. The van der Waals surface area contributed by atoms with Crippen molar-refractivity contribution < 1.29 is 4.74 Å². The van der Waals surface area contributed by atoms with Gasteiger partial charge < -0.3 is 9.64 Å². The van der Waals surface area contributed by atoms with Crippen LogP contribution in [0.1, 0.15) is 22.0 Å². The third-order valence-corrected chi connectivity index (χ3v) is 6.30. The number of pyridine rings is 1. The molecule has 0 amide bonds. The lowest BCUT2D eigenvalue weighted by atomic mass is 10.0. The zero-order valence-electron chi connectivity index (χ0n) is 15.1. The van der Waals surface area contributed by atoms with Crippen LogP contribution in [0.4, 0.5) is 5.82 Å². The highest BCUT2D eigenvalue weighted by molar-refractivity contribution is 14.1. The zero-order chi connectivity index (χ0) is 19.8. The van der Waals surface area contributed by atoms with E-state index in [0.29, 0.717) is 44.0 Å². The molecule has 144 valence electrons. The molecule has 5 nitrogen and oxygen atoms in total. The lowest BCUT2D eigenvalue weighted by Gasteiger charge is -2.28. The molecule has 0 saturated carbocycles. The Balaban J connectivity index is 1.91. The second kappa shape index (κ2) is 8.07. The maximum atomic E-state index is 9.77. The first-order valence-corrected chi connectivity index (χ1v) is 10.9. The van der Waals surface area contributed by atoms with Gasteiger partial charge in [-0.2, -0.15) is 5.26 Å². The summed E-state index contributed by atoms with van der Waals surface area (Å²) < 4.78 is 7.73. The summed E-state index contributed by atoms with van der Waals surface area (Å²) in [6, 6.07) is 8.17. The van der Waals surface area contributed by atoms with Crippen molar-refractivity contribution in [3.63, 3.8) is 0 Å². The predicted molar refractivity (Wildman–Crippen MR) is 121 cm³/mol. The van der Waals surface area contributed by atoms with Gasteiger partial charge in [0.15, 0.2) is 5.65 Å². The maximum Gasteiger partial charge on any atom is 0.158 e. The molecule has 3 aromatic rings. The highest BCUT2D eigenvalue weighted by atomic mass is 127. The van der Waals surface area contributed by atoms with Crippen molar-refractivity contribution in [1.82, 2.24) is 9.38 Å². The monoisotopic (exact) mass is 526 g/mol. The van der Waals surface area contributed by atoms with Crippen molar-refractivity contribution >= 4 is 57.3 Å². The van der Waals surface area contributed by atoms with Gasteiger partial charge in [0.05, 0.1) is 25.0 Å². The van der Waals surface area contributed by atoms with Crippen molar-refractivity contribution in [2.45, 2.75) is 10.8 Å². The van der Waals surface area contributed by atoms with Crippen molar-refractivity contribution in [3.8, 4) is 17.2 Å². The Labute approximate surface area is 187 Å². The quantitative estimate of drug-likeness (QED) is 0.333. The topological polar surface area (TPSA) is 53.6 Å². The summed E-state index contributed by atoms with van der Waals surface area (Å²) in [5.41, 5.74) is 3.56. The second-order valence-electron chi connectivity index (χ2n) is 6.61. The predicted octanol–water partition coefficient (Wildman–Crippen LogP) is 5.51. The van der Waals surface area contributed by atoms with E-state index in [1.54, 1.807) is 6.20 Å². The van der Waals surface area contributed by atoms with Crippen molar-refractivity contribution in [2.24, 2.45) is 0 Å². The Morgan fingerprint density at radius 2 is 2.00 bits per heavy atom. The standard InChI is InChI=1S/C20H17Cl2IN4O/c1-12(23)13-2-3-14(17(21)8-13)16-11-27-18(26-4-6-28-7-5-26)10-25-20(27)19(22)15(16)9-24/h2-3,8,10-12H,4-7H2,1H3/t12-/m1/s1. The average molecular weight is 527 g/mol. The summed E-state index contributed by atoms with van der Waals surface area (Å²) >= 11 is 15.5. The van der Waals surface area contributed by atoms with Crippen LogP contribution >= 0.6 is 45.8 Å². The molecular weight excluding hydrogens is 510 g/mol. The minimum absolute atomic E-state index is 0.335. The van der Waals surface area contributed by atoms with E-state index in [-0.39, 0.29) is 0 Å². The molecule has 0 spiro atoms. The fraction of sp³-hybridized carbons (Fsp3) is 0.300. The number of benzene rings is 1. The van der Waals surface area contributed by atoms with E-state index < -0.39 is 0 Å². The molecule has 2 aromatic heterocycles. The number of nitriles is 1. The summed E-state index contributed by atoms with van der Waals surface area (Å²) in [7, 11) is 0. The molecule has 0 unspecified atom stereocenters. The number of hydrogen-bond acceptors (Lipinski definition) is 4. The van der Waals surface area contributed by atoms with Crippen molar-refractivity contribution in [1.29, 1.82) is 5.26 Å². The number of imidazole rings is 1. The molecule has 1 aliphatic rings. The van der Waals surface area contributed by atoms with Gasteiger partial charge in [0.25, 0.3) is 0 Å². The number of nitrogens with zero attached hydrogens (tertiary/aromatic N) is 4. The second-order valence-corrected chi connectivity index (χ2v) is 9.26. The van der Waals surface area contributed by atoms with Crippen LogP contribution in [0, 0.1) is 11.3 Å². The van der Waals surface area contributed by atoms with Gasteiger partial charge in [0, 0.05) is 39.4 Å². The summed E-state index contributed by atoms with van der Waals surface area (Å²) in [6.07, 6.45) is 3.70. The molecule has 0 aliphatic carbocycles. The van der Waals surface area contributed by atoms with Gasteiger partial charge in [-0.05, 0) is 18.6 Å². The molecule has 0 N–H and O–H groups in total. The smallest absolute Gasteiger partial charge is 0.158 e. The van der Waals surface area contributed by atoms with Crippen LogP contribution in [0.2, 0.25) is 10.0 Å². The first-order valence-electron chi connectivity index (χ1n) is 8.87. The summed E-state index contributed by atoms with van der Waals surface area (Å²) in [4.78, 5) is 6.67. The van der Waals surface area contributed by atoms with Crippen LogP contribution in [-0.2, 0) is 4.74 Å². The Hall–Kier alpha value is -1.53. The van der Waals surface area contributed by atoms with Crippen LogP contribution in [0.25, 0.3) is 16.8 Å². The van der Waals surface area contributed by atoms with Gasteiger partial charge in [-0.3, -0.25) is 4.40 Å². The van der Waals surface area contributed by atoms with Gasteiger partial charge in [0.1, 0.15) is 16.9 Å². The normalized spacial score (nSPS) is 15.6. The fourth-order valence-corrected chi connectivity index (χ4v) is 4.36. The summed E-state index contributed by atoms with van der Waals surface area (Å²) in [6.45, 7) is 5.01. The van der Waals surface area contributed by atoms with Gasteiger partial charge in [-0.1, -0.05) is 57.9 Å². The van der Waals surface area contributed by atoms with Crippen LogP contribution in [0.3, 0.4) is 0 Å². The molecule has 1 saturated heterocycles. The van der Waals surface area contributed by atoms with E-state index in [4.69, 9.17) is 27.9 Å². The Kier molecular flexibility index (Phi) is 5.70. The largest absolute Gasteiger partial charge is 0.378 e.